The van der Waals surface area contributed by atoms with Crippen LogP contribution < -0.4 is 0 Å². The van der Waals surface area contributed by atoms with Gasteiger partial charge in [-0.1, -0.05) is 200 Å². The van der Waals surface area contributed by atoms with E-state index in [1.165, 1.54) is 42.0 Å². The summed E-state index contributed by atoms with van der Waals surface area (Å²) >= 11 is 1.87. The van der Waals surface area contributed by atoms with Crippen molar-refractivity contribution in [3.63, 3.8) is 0 Å². The van der Waals surface area contributed by atoms with Gasteiger partial charge in [0.1, 0.15) is 0 Å². The van der Waals surface area contributed by atoms with Crippen molar-refractivity contribution in [3.05, 3.63) is 243 Å². The van der Waals surface area contributed by atoms with Crippen LogP contribution in [0.4, 0.5) is 0 Å². The van der Waals surface area contributed by atoms with Gasteiger partial charge in [-0.3, -0.25) is 0 Å². The molecular weight excluding hydrogens is 845 g/mol. The minimum atomic E-state index is 0.613. The maximum Gasteiger partial charge on any atom is 0.164 e. The van der Waals surface area contributed by atoms with Crippen LogP contribution in [0.25, 0.3) is 126 Å². The van der Waals surface area contributed by atoms with Crippen LogP contribution in [0.1, 0.15) is 0 Å². The Hall–Kier alpha value is -8.77. The molecule has 3 aromatic heterocycles. The zero-order chi connectivity index (χ0) is 45.0. The summed E-state index contributed by atoms with van der Waals surface area (Å²) in [6.07, 6.45) is 0. The topological polar surface area (TPSA) is 43.6 Å². The van der Waals surface area contributed by atoms with Crippen molar-refractivity contribution in [3.8, 4) is 84.4 Å². The molecule has 0 bridgehead atoms. The summed E-state index contributed by atoms with van der Waals surface area (Å²) < 4.78 is 4.91. The van der Waals surface area contributed by atoms with Crippen molar-refractivity contribution in [2.75, 3.05) is 0 Å². The molecule has 0 aliphatic rings. The summed E-state index contributed by atoms with van der Waals surface area (Å²) in [5.74, 6) is 1.86. The maximum atomic E-state index is 5.36. The minimum Gasteiger partial charge on any atom is -0.308 e. The summed E-state index contributed by atoms with van der Waals surface area (Å²) in [6.45, 7) is 0. The molecule has 4 nitrogen and oxygen atoms in total. The first-order valence-corrected chi connectivity index (χ1v) is 23.7. The SMILES string of the molecule is c1ccc(-c2cc(-c3ccccc3)cc(-c3ccc(-c4cccc5c4sc4c5ccc5c6ccccc6n(-c6ccccc6)c54)c(-c4nc(-c5ccccc5)nc(-c5ccccc5)n4)c3)c2)cc1. The molecule has 10 aromatic carbocycles. The third kappa shape index (κ3) is 6.88. The quantitative estimate of drug-likeness (QED) is 0.153. The average Bonchev–Trinajstić information content (AvgIpc) is 3.98. The third-order valence-corrected chi connectivity index (χ3v) is 14.3. The molecule has 13 rings (SSSR count). The third-order valence-electron chi connectivity index (χ3n) is 13.0. The van der Waals surface area contributed by atoms with Gasteiger partial charge in [-0.25, -0.2) is 15.0 Å². The van der Waals surface area contributed by atoms with E-state index < -0.39 is 0 Å². The van der Waals surface area contributed by atoms with Gasteiger partial charge in [-0.2, -0.15) is 0 Å². The van der Waals surface area contributed by atoms with Crippen molar-refractivity contribution in [1.82, 2.24) is 19.5 Å². The summed E-state index contributed by atoms with van der Waals surface area (Å²) in [6, 6.07) is 86.4. The molecule has 0 N–H and O–H groups in total. The second-order valence-electron chi connectivity index (χ2n) is 17.1. The van der Waals surface area contributed by atoms with Gasteiger partial charge in [0.15, 0.2) is 17.5 Å². The predicted octanol–water partition coefficient (Wildman–Crippen LogP) is 17.0. The molecule has 0 radical (unpaired) electrons. The first-order valence-electron chi connectivity index (χ1n) is 22.9. The number of aromatic nitrogens is 4. The van der Waals surface area contributed by atoms with E-state index in [4.69, 9.17) is 15.0 Å². The molecular formula is C63H40N4S. The number of hydrogen-bond donors (Lipinski definition) is 0. The summed E-state index contributed by atoms with van der Waals surface area (Å²) in [5.41, 5.74) is 15.3. The molecule has 3 heterocycles. The van der Waals surface area contributed by atoms with E-state index in [2.05, 4.69) is 211 Å². The monoisotopic (exact) mass is 884 g/mol. The Balaban J connectivity index is 1.09. The molecule has 68 heavy (non-hydrogen) atoms. The van der Waals surface area contributed by atoms with E-state index in [0.717, 1.165) is 66.9 Å². The van der Waals surface area contributed by atoms with E-state index in [9.17, 15) is 0 Å². The first kappa shape index (κ1) is 39.6. The average molecular weight is 885 g/mol. The highest BCUT2D eigenvalue weighted by molar-refractivity contribution is 7.27. The zero-order valence-electron chi connectivity index (χ0n) is 36.8. The molecule has 0 atom stereocenters. The van der Waals surface area contributed by atoms with Gasteiger partial charge in [0, 0.05) is 54.2 Å². The fourth-order valence-electron chi connectivity index (χ4n) is 9.82. The Morgan fingerprint density at radius 1 is 0.279 bits per heavy atom. The summed E-state index contributed by atoms with van der Waals surface area (Å²) in [5, 5.41) is 4.95. The van der Waals surface area contributed by atoms with Crippen LogP contribution in [0.2, 0.25) is 0 Å². The number of thiophene rings is 1. The highest BCUT2D eigenvalue weighted by Crippen LogP contribution is 2.48. The largest absolute Gasteiger partial charge is 0.308 e. The fraction of sp³-hybridized carbons (Fsp3) is 0. The first-order chi connectivity index (χ1) is 33.7. The van der Waals surface area contributed by atoms with Crippen LogP contribution in [-0.2, 0) is 0 Å². The number of nitrogens with zero attached hydrogens (tertiary/aromatic N) is 4. The highest BCUT2D eigenvalue weighted by Gasteiger charge is 2.22. The highest BCUT2D eigenvalue weighted by atomic mass is 32.1. The Bertz CT molecular complexity index is 3880. The molecule has 318 valence electrons. The summed E-state index contributed by atoms with van der Waals surface area (Å²) in [7, 11) is 0. The second kappa shape index (κ2) is 16.6. The molecule has 5 heteroatoms. The van der Waals surface area contributed by atoms with Gasteiger partial charge in [0.05, 0.1) is 15.7 Å². The smallest absolute Gasteiger partial charge is 0.164 e. The molecule has 0 saturated carbocycles. The zero-order valence-corrected chi connectivity index (χ0v) is 37.6. The van der Waals surface area contributed by atoms with Crippen molar-refractivity contribution < 1.29 is 0 Å². The van der Waals surface area contributed by atoms with Crippen molar-refractivity contribution in [2.45, 2.75) is 0 Å². The number of fused-ring (bicyclic) bond motifs is 7. The van der Waals surface area contributed by atoms with E-state index in [-0.39, 0.29) is 0 Å². The lowest BCUT2D eigenvalue weighted by Crippen LogP contribution is -2.01. The molecule has 0 unspecified atom stereocenters. The lowest BCUT2D eigenvalue weighted by atomic mass is 9.90. The Morgan fingerprint density at radius 3 is 1.38 bits per heavy atom. The van der Waals surface area contributed by atoms with Crippen molar-refractivity contribution in [2.24, 2.45) is 0 Å². The Labute approximate surface area is 397 Å². The Morgan fingerprint density at radius 2 is 0.765 bits per heavy atom. The Kier molecular flexibility index (Phi) is 9.66. The summed E-state index contributed by atoms with van der Waals surface area (Å²) in [4.78, 5) is 15.8. The van der Waals surface area contributed by atoms with Crippen LogP contribution in [-0.4, -0.2) is 19.5 Å². The maximum absolute atomic E-state index is 5.36. The van der Waals surface area contributed by atoms with Crippen LogP contribution in [0.15, 0.2) is 243 Å². The van der Waals surface area contributed by atoms with E-state index >= 15 is 0 Å². The van der Waals surface area contributed by atoms with Gasteiger partial charge in [-0.05, 0) is 81.4 Å². The molecule has 0 amide bonds. The molecule has 0 spiro atoms. The normalized spacial score (nSPS) is 11.5. The lowest BCUT2D eigenvalue weighted by molar-refractivity contribution is 1.07. The molecule has 0 saturated heterocycles. The second-order valence-corrected chi connectivity index (χ2v) is 18.2. The van der Waals surface area contributed by atoms with E-state index in [1.807, 2.05) is 47.7 Å². The lowest BCUT2D eigenvalue weighted by Gasteiger charge is -2.16. The van der Waals surface area contributed by atoms with Gasteiger partial charge in [0.2, 0.25) is 0 Å². The van der Waals surface area contributed by atoms with E-state index in [1.54, 1.807) is 0 Å². The van der Waals surface area contributed by atoms with Gasteiger partial charge in [0.25, 0.3) is 0 Å². The fourth-order valence-corrected chi connectivity index (χ4v) is 11.2. The van der Waals surface area contributed by atoms with Crippen molar-refractivity contribution in [1.29, 1.82) is 0 Å². The number of benzene rings is 10. The van der Waals surface area contributed by atoms with Gasteiger partial charge in [-0.15, -0.1) is 11.3 Å². The van der Waals surface area contributed by atoms with Crippen LogP contribution >= 0.6 is 11.3 Å². The molecule has 13 aromatic rings. The molecule has 0 aliphatic heterocycles. The number of rotatable bonds is 8. The number of para-hydroxylation sites is 2. The van der Waals surface area contributed by atoms with Gasteiger partial charge < -0.3 is 4.57 Å². The number of hydrogen-bond acceptors (Lipinski definition) is 4. The molecule has 0 aliphatic carbocycles. The minimum absolute atomic E-state index is 0.613. The van der Waals surface area contributed by atoms with Crippen LogP contribution in [0, 0.1) is 0 Å². The van der Waals surface area contributed by atoms with Gasteiger partial charge >= 0.3 is 0 Å². The van der Waals surface area contributed by atoms with Crippen LogP contribution in [0.5, 0.6) is 0 Å². The van der Waals surface area contributed by atoms with Crippen molar-refractivity contribution >= 4 is 53.3 Å². The van der Waals surface area contributed by atoms with E-state index in [0.29, 0.717) is 17.5 Å². The van der Waals surface area contributed by atoms with Crippen LogP contribution in [0.3, 0.4) is 0 Å². The molecule has 0 fully saturated rings. The standard InChI is InChI=1S/C63H40N4S/c1-6-19-41(20-7-1)46-37-47(42-21-8-2-9-22-42)39-48(38-46)45-33-34-50(56(40-45)63-65-61(43-23-10-3-11-24-43)64-62(66-63)44-25-12-4-13-26-44)53-30-18-31-54-55-36-35-52-51-29-16-17-32-57(51)67(49-27-14-5-15-28-49)58(52)60(55)68-59(53)54/h1-40H. The predicted molar refractivity (Wildman–Crippen MR) is 285 cm³/mol.